The number of benzene rings is 4. The molecular formula is C43H49BrN2O10+2. The Bertz CT molecular complexity index is 2140. The molecule has 6 bridgehead atoms. The fourth-order valence-corrected chi connectivity index (χ4v) is 8.99. The van der Waals surface area contributed by atoms with Crippen LogP contribution < -0.4 is 28.4 Å². The lowest BCUT2D eigenvalue weighted by Gasteiger charge is -2.45. The molecule has 4 unspecified atom stereocenters. The molecule has 13 heteroatoms. The van der Waals surface area contributed by atoms with Gasteiger partial charge in [-0.2, -0.15) is 0 Å². The van der Waals surface area contributed by atoms with Gasteiger partial charge in [0.2, 0.25) is 5.75 Å². The van der Waals surface area contributed by atoms with E-state index in [1.807, 2.05) is 74.8 Å². The van der Waals surface area contributed by atoms with Gasteiger partial charge < -0.3 is 47.6 Å². The number of quaternary nitrogens is 2. The Morgan fingerprint density at radius 3 is 1.96 bits per heavy atom. The summed E-state index contributed by atoms with van der Waals surface area (Å²) in [6.45, 7) is 1.32. The predicted molar refractivity (Wildman–Crippen MR) is 212 cm³/mol. The van der Waals surface area contributed by atoms with Gasteiger partial charge in [0.1, 0.15) is 17.8 Å². The van der Waals surface area contributed by atoms with Crippen molar-refractivity contribution in [3.05, 3.63) is 94.0 Å². The summed E-state index contributed by atoms with van der Waals surface area (Å²) in [5, 5.41) is 21.0. The van der Waals surface area contributed by atoms with Gasteiger partial charge >= 0.3 is 11.9 Å². The minimum Gasteiger partial charge on any atom is -0.493 e. The summed E-state index contributed by atoms with van der Waals surface area (Å²) in [6.07, 6.45) is 2.22. The van der Waals surface area contributed by atoms with E-state index in [0.717, 1.165) is 33.4 Å². The topological polar surface area (TPSA) is 130 Å². The van der Waals surface area contributed by atoms with Crippen molar-refractivity contribution >= 4 is 27.9 Å². The highest BCUT2D eigenvalue weighted by Crippen LogP contribution is 2.54. The standard InChI is InChI=1S/C43H47BrN2O10/c1-45(24-39(47)48)15-12-28-21-35(52-4)37-23-31(28)32(45)18-26-6-9-30(10-7-26)55-36-20-27(8-11-34(36)51-3)19-33-41-29(13-16-46(33,2)25-40(49)50)22-38(53-5)42(43(41)56-37)54-17-14-44/h6-11,20-23,32-33H,12-19,24-25H2,1-5H3/p+2. The first kappa shape index (κ1) is 39.3. The van der Waals surface area contributed by atoms with Gasteiger partial charge in [-0.25, -0.2) is 9.59 Å². The number of ether oxygens (including phenoxy) is 6. The molecule has 4 atom stereocenters. The molecular weight excluding hydrogens is 784 g/mol. The van der Waals surface area contributed by atoms with Crippen LogP contribution in [0.2, 0.25) is 0 Å². The van der Waals surface area contributed by atoms with E-state index in [1.54, 1.807) is 21.3 Å². The normalized spacial score (nSPS) is 22.3. The first-order valence-corrected chi connectivity index (χ1v) is 19.9. The minimum absolute atomic E-state index is 0.0562. The second-order valence-electron chi connectivity index (χ2n) is 15.3. The molecule has 4 aliphatic rings. The average molecular weight is 834 g/mol. The van der Waals surface area contributed by atoms with Crippen molar-refractivity contribution in [2.75, 3.05) is 73.5 Å². The summed E-state index contributed by atoms with van der Waals surface area (Å²) in [4.78, 5) is 25.0. The summed E-state index contributed by atoms with van der Waals surface area (Å²) < 4.78 is 38.3. The Hall–Kier alpha value is -4.98. The van der Waals surface area contributed by atoms with E-state index in [2.05, 4.69) is 15.9 Å². The largest absolute Gasteiger partial charge is 0.493 e. The quantitative estimate of drug-likeness (QED) is 0.126. The summed E-state index contributed by atoms with van der Waals surface area (Å²) in [5.41, 5.74) is 5.76. The van der Waals surface area contributed by atoms with Crippen LogP contribution in [0.25, 0.3) is 0 Å². The van der Waals surface area contributed by atoms with E-state index >= 15 is 0 Å². The van der Waals surface area contributed by atoms with E-state index in [1.165, 1.54) is 0 Å². The Labute approximate surface area is 335 Å². The van der Waals surface area contributed by atoms with Crippen molar-refractivity contribution in [2.24, 2.45) is 0 Å². The zero-order chi connectivity index (χ0) is 39.8. The van der Waals surface area contributed by atoms with E-state index in [9.17, 15) is 19.8 Å². The summed E-state index contributed by atoms with van der Waals surface area (Å²) in [5.74, 6) is 2.20. The van der Waals surface area contributed by atoms with Crippen molar-refractivity contribution in [2.45, 2.75) is 37.8 Å². The molecule has 0 spiro atoms. The maximum atomic E-state index is 12.6. The maximum Gasteiger partial charge on any atom is 0.359 e. The van der Waals surface area contributed by atoms with Gasteiger partial charge in [-0.3, -0.25) is 0 Å². The Morgan fingerprint density at radius 1 is 0.732 bits per heavy atom. The van der Waals surface area contributed by atoms with Gasteiger partial charge in [-0.1, -0.05) is 34.1 Å². The van der Waals surface area contributed by atoms with Crippen LogP contribution in [0.3, 0.4) is 0 Å². The zero-order valence-electron chi connectivity index (χ0n) is 32.4. The zero-order valence-corrected chi connectivity index (χ0v) is 34.0. The molecule has 4 aromatic rings. The Kier molecular flexibility index (Phi) is 11.1. The van der Waals surface area contributed by atoms with Gasteiger partial charge in [-0.05, 0) is 64.7 Å². The number of alkyl halides is 1. The van der Waals surface area contributed by atoms with Gasteiger partial charge in [0.05, 0.1) is 60.7 Å². The molecule has 0 aliphatic carbocycles. The number of hydrogen-bond acceptors (Lipinski definition) is 8. The van der Waals surface area contributed by atoms with Crippen molar-refractivity contribution < 1.29 is 57.2 Å². The first-order valence-electron chi connectivity index (χ1n) is 18.8. The Balaban J connectivity index is 1.53. The number of hydrogen-bond donors (Lipinski definition) is 2. The van der Waals surface area contributed by atoms with Crippen molar-refractivity contribution in [3.8, 4) is 46.0 Å². The van der Waals surface area contributed by atoms with Crippen LogP contribution in [0.4, 0.5) is 0 Å². The monoisotopic (exact) mass is 832 g/mol. The highest BCUT2D eigenvalue weighted by molar-refractivity contribution is 9.09. The first-order chi connectivity index (χ1) is 26.9. The summed E-state index contributed by atoms with van der Waals surface area (Å²) >= 11 is 3.51. The van der Waals surface area contributed by atoms with Gasteiger partial charge in [0, 0.05) is 36.6 Å². The van der Waals surface area contributed by atoms with E-state index < -0.39 is 18.0 Å². The molecule has 0 fully saturated rings. The van der Waals surface area contributed by atoms with E-state index in [4.69, 9.17) is 28.4 Å². The molecule has 0 aromatic heterocycles. The SMILES string of the molecule is COc1ccc2cc1Oc1ccc(cc1)CC1c3cc(c(OC)cc3CC[N+]1(C)CC(=O)O)Oc1c(OCCBr)c(OC)cc3c1C(C2)[N+](C)(CC(=O)O)CC3. The van der Waals surface area contributed by atoms with Crippen LogP contribution in [-0.2, 0) is 35.3 Å². The molecule has 12 nitrogen and oxygen atoms in total. The van der Waals surface area contributed by atoms with Crippen LogP contribution in [0.1, 0.15) is 45.5 Å². The van der Waals surface area contributed by atoms with Crippen LogP contribution in [0.5, 0.6) is 46.0 Å². The number of carbonyl (C=O) groups is 2. The lowest BCUT2D eigenvalue weighted by Crippen LogP contribution is -2.54. The number of carboxylic acids is 2. The Morgan fingerprint density at radius 2 is 1.32 bits per heavy atom. The number of rotatable bonds is 10. The van der Waals surface area contributed by atoms with Crippen LogP contribution in [0.15, 0.2) is 60.7 Å². The molecule has 56 heavy (non-hydrogen) atoms. The number of nitrogens with zero attached hydrogens (tertiary/aromatic N) is 2. The van der Waals surface area contributed by atoms with Crippen molar-refractivity contribution in [1.82, 2.24) is 0 Å². The second-order valence-corrected chi connectivity index (χ2v) is 16.1. The van der Waals surface area contributed by atoms with E-state index in [-0.39, 0.29) is 28.1 Å². The molecule has 0 saturated heterocycles. The molecule has 0 amide bonds. The fraction of sp³-hybridized carbons (Fsp3) is 0.395. The molecule has 0 radical (unpaired) electrons. The molecule has 4 heterocycles. The number of carboxylic acid groups (broad SMARTS) is 2. The van der Waals surface area contributed by atoms with Crippen LogP contribution >= 0.6 is 15.9 Å². The van der Waals surface area contributed by atoms with Crippen molar-refractivity contribution in [1.29, 1.82) is 0 Å². The molecule has 4 aromatic carbocycles. The lowest BCUT2D eigenvalue weighted by molar-refractivity contribution is -0.934. The molecule has 8 rings (SSSR count). The molecule has 4 aliphatic heterocycles. The number of methoxy groups -OCH3 is 3. The molecule has 296 valence electrons. The highest BCUT2D eigenvalue weighted by atomic mass is 79.9. The average Bonchev–Trinajstić information content (AvgIpc) is 3.16. The number of halogens is 1. The molecule has 0 saturated carbocycles. The van der Waals surface area contributed by atoms with Gasteiger partial charge in [0.25, 0.3) is 0 Å². The third-order valence-electron chi connectivity index (χ3n) is 11.7. The van der Waals surface area contributed by atoms with Crippen molar-refractivity contribution in [3.63, 3.8) is 0 Å². The molecule has 2 N–H and O–H groups in total. The van der Waals surface area contributed by atoms with Crippen LogP contribution in [0, 0.1) is 0 Å². The minimum atomic E-state index is -0.908. The second kappa shape index (κ2) is 15.9. The maximum absolute atomic E-state index is 12.6. The summed E-state index contributed by atoms with van der Waals surface area (Å²) in [7, 11) is 8.79. The predicted octanol–water partition coefficient (Wildman–Crippen LogP) is 7.13. The highest BCUT2D eigenvalue weighted by Gasteiger charge is 2.46. The third kappa shape index (κ3) is 7.59. The number of likely N-dealkylation sites (N-methyl/N-ethyl adjacent to an activating group) is 2. The van der Waals surface area contributed by atoms with E-state index in [0.29, 0.717) is 96.7 Å². The lowest BCUT2D eigenvalue weighted by atomic mass is 9.85. The number of fused-ring (bicyclic) bond motifs is 2. The van der Waals surface area contributed by atoms with Crippen LogP contribution in [-0.4, -0.2) is 105 Å². The smallest absolute Gasteiger partial charge is 0.359 e. The number of aliphatic carboxylic acids is 2. The third-order valence-corrected chi connectivity index (χ3v) is 12.0. The van der Waals surface area contributed by atoms with Gasteiger partial charge in [0.15, 0.2) is 47.6 Å². The fourth-order valence-electron chi connectivity index (χ4n) is 8.83. The summed E-state index contributed by atoms with van der Waals surface area (Å²) in [6, 6.07) is 19.0. The van der Waals surface area contributed by atoms with Gasteiger partial charge in [-0.15, -0.1) is 0 Å².